The van der Waals surface area contributed by atoms with Crippen molar-refractivity contribution in [2.75, 3.05) is 6.54 Å². The van der Waals surface area contributed by atoms with Crippen LogP contribution in [0.4, 0.5) is 0 Å². The Morgan fingerprint density at radius 2 is 1.94 bits per heavy atom. The van der Waals surface area contributed by atoms with Gasteiger partial charge in [-0.1, -0.05) is 12.2 Å². The maximum absolute atomic E-state index is 13.3. The summed E-state index contributed by atoms with van der Waals surface area (Å²) in [6.07, 6.45) is 14.0. The number of ketones is 1. The van der Waals surface area contributed by atoms with Crippen molar-refractivity contribution in [3.63, 3.8) is 0 Å². The van der Waals surface area contributed by atoms with Gasteiger partial charge < -0.3 is 10.4 Å². The van der Waals surface area contributed by atoms with Gasteiger partial charge in [0.1, 0.15) is 5.76 Å². The highest BCUT2D eigenvalue weighted by molar-refractivity contribution is 7.81. The molecule has 36 heavy (non-hydrogen) atoms. The molecule has 0 bridgehead atoms. The quantitative estimate of drug-likeness (QED) is 0.233. The van der Waals surface area contributed by atoms with E-state index in [1.165, 1.54) is 4.90 Å². The number of amides is 3. The zero-order valence-corrected chi connectivity index (χ0v) is 21.7. The molecule has 0 aromatic heterocycles. The lowest BCUT2D eigenvalue weighted by molar-refractivity contribution is -0.139. The number of thiol groups is 1. The molecule has 0 aromatic carbocycles. The summed E-state index contributed by atoms with van der Waals surface area (Å²) in [4.78, 5) is 52.1. The number of nitrogens with zero attached hydrogens (tertiary/aromatic N) is 1. The van der Waals surface area contributed by atoms with Crippen molar-refractivity contribution in [1.29, 1.82) is 0 Å². The first kappa shape index (κ1) is 26.7. The molecule has 3 amide bonds. The summed E-state index contributed by atoms with van der Waals surface area (Å²) < 4.78 is 0. The molecule has 1 saturated heterocycles. The number of carbonyl (C=O) groups is 4. The highest BCUT2D eigenvalue weighted by Gasteiger charge is 2.39. The van der Waals surface area contributed by atoms with Gasteiger partial charge in [0.15, 0.2) is 5.78 Å². The van der Waals surface area contributed by atoms with E-state index in [9.17, 15) is 24.3 Å². The summed E-state index contributed by atoms with van der Waals surface area (Å²) in [5.41, 5.74) is 0. The molecular weight excluding hydrogens is 476 g/mol. The van der Waals surface area contributed by atoms with Gasteiger partial charge in [-0.25, -0.2) is 0 Å². The minimum atomic E-state index is -0.545. The smallest absolute Gasteiger partial charge is 0.242 e. The van der Waals surface area contributed by atoms with Crippen molar-refractivity contribution >= 4 is 36.1 Å². The van der Waals surface area contributed by atoms with E-state index in [1.807, 2.05) is 12.2 Å². The maximum Gasteiger partial charge on any atom is 0.242 e. The highest BCUT2D eigenvalue weighted by Crippen LogP contribution is 2.38. The monoisotopic (exact) mass is 514 g/mol. The minimum Gasteiger partial charge on any atom is -0.508 e. The fourth-order valence-corrected chi connectivity index (χ4v) is 6.27. The van der Waals surface area contributed by atoms with Crippen molar-refractivity contribution in [3.8, 4) is 0 Å². The number of hydrogen-bond acceptors (Lipinski definition) is 6. The van der Waals surface area contributed by atoms with Crippen molar-refractivity contribution in [3.05, 3.63) is 36.6 Å². The number of aliphatic hydroxyl groups excluding tert-OH is 1. The van der Waals surface area contributed by atoms with Crippen molar-refractivity contribution in [2.45, 2.75) is 75.5 Å². The minimum absolute atomic E-state index is 0.0770. The molecule has 1 heterocycles. The van der Waals surface area contributed by atoms with Crippen LogP contribution in [0.3, 0.4) is 0 Å². The van der Waals surface area contributed by atoms with Crippen molar-refractivity contribution in [1.82, 2.24) is 10.2 Å². The first-order valence-electron chi connectivity index (χ1n) is 13.3. The van der Waals surface area contributed by atoms with Gasteiger partial charge in [0.2, 0.25) is 17.7 Å². The fourth-order valence-electron chi connectivity index (χ4n) is 5.97. The molecule has 0 radical (unpaired) electrons. The SMILES string of the molecule is C=CC1CCC1CC(=O)C(CC1C=CC(O)=CC1)NC(=O)C1CCC(CN2C(=O)CC(S)C2=O)CC1. The molecular formula is C28H38N2O5S. The summed E-state index contributed by atoms with van der Waals surface area (Å²) in [6, 6.07) is -0.545. The van der Waals surface area contributed by atoms with Gasteiger partial charge in [-0.2, -0.15) is 12.6 Å². The van der Waals surface area contributed by atoms with Crippen LogP contribution in [0, 0.1) is 29.6 Å². The molecule has 4 rings (SSSR count). The first-order chi connectivity index (χ1) is 17.2. The van der Waals surface area contributed by atoms with E-state index in [0.29, 0.717) is 50.5 Å². The van der Waals surface area contributed by atoms with Gasteiger partial charge >= 0.3 is 0 Å². The molecule has 0 spiro atoms. The van der Waals surface area contributed by atoms with Crippen LogP contribution in [0.1, 0.15) is 64.2 Å². The van der Waals surface area contributed by atoms with E-state index in [4.69, 9.17) is 0 Å². The van der Waals surface area contributed by atoms with Crippen LogP contribution < -0.4 is 5.32 Å². The van der Waals surface area contributed by atoms with Gasteiger partial charge in [0, 0.05) is 25.3 Å². The molecule has 1 aliphatic heterocycles. The number of Topliss-reactive ketones (excluding diaryl/α,β-unsaturated/α-hetero) is 1. The molecule has 2 saturated carbocycles. The van der Waals surface area contributed by atoms with Crippen LogP contribution in [0.5, 0.6) is 0 Å². The Hall–Kier alpha value is -2.35. The second kappa shape index (κ2) is 11.8. The van der Waals surface area contributed by atoms with E-state index < -0.39 is 11.3 Å². The molecule has 2 N–H and O–H groups in total. The number of nitrogens with one attached hydrogen (secondary N) is 1. The van der Waals surface area contributed by atoms with Gasteiger partial charge in [-0.3, -0.25) is 24.1 Å². The van der Waals surface area contributed by atoms with E-state index in [1.54, 1.807) is 12.2 Å². The van der Waals surface area contributed by atoms with Crippen LogP contribution in [-0.2, 0) is 19.2 Å². The lowest BCUT2D eigenvalue weighted by Gasteiger charge is -2.35. The molecule has 7 nitrogen and oxygen atoms in total. The van der Waals surface area contributed by atoms with Gasteiger partial charge in [-0.05, 0) is 87.2 Å². The second-order valence-corrected chi connectivity index (χ2v) is 11.6. The lowest BCUT2D eigenvalue weighted by atomic mass is 9.70. The normalized spacial score (nSPS) is 33.0. The standard InChI is InChI=1S/C28H38N2O5S/c1-2-19-9-10-21(19)14-24(32)23(13-17-5-11-22(31)12-6-17)29-27(34)20-7-3-18(4-8-20)16-30-26(33)15-25(36)28(30)35/h2,5,11-12,17-21,23,25,31,36H,1,3-4,6-10,13-16H2,(H,29,34). The lowest BCUT2D eigenvalue weighted by Crippen LogP contribution is -2.46. The number of aliphatic hydroxyl groups is 1. The predicted octanol–water partition coefficient (Wildman–Crippen LogP) is 3.91. The molecule has 5 unspecified atom stereocenters. The van der Waals surface area contributed by atoms with E-state index in [-0.39, 0.29) is 53.4 Å². The van der Waals surface area contributed by atoms with Crippen LogP contribution in [-0.4, -0.2) is 51.3 Å². The number of hydrogen-bond donors (Lipinski definition) is 3. The Kier molecular flexibility index (Phi) is 8.75. The Labute approximate surface area is 218 Å². The van der Waals surface area contributed by atoms with Gasteiger partial charge in [0.05, 0.1) is 11.3 Å². The largest absolute Gasteiger partial charge is 0.508 e. The molecule has 196 valence electrons. The Balaban J connectivity index is 1.31. The zero-order valence-electron chi connectivity index (χ0n) is 20.8. The van der Waals surface area contributed by atoms with E-state index in [0.717, 1.165) is 25.7 Å². The number of rotatable bonds is 10. The number of allylic oxidation sites excluding steroid dienone is 4. The van der Waals surface area contributed by atoms with Crippen molar-refractivity contribution in [2.24, 2.45) is 29.6 Å². The molecule has 0 aromatic rings. The average Bonchev–Trinajstić information content (AvgIpc) is 3.09. The topological polar surface area (TPSA) is 104 Å². The van der Waals surface area contributed by atoms with E-state index in [2.05, 4.69) is 24.5 Å². The molecule has 3 aliphatic carbocycles. The third-order valence-corrected chi connectivity index (χ3v) is 8.94. The van der Waals surface area contributed by atoms with E-state index >= 15 is 0 Å². The van der Waals surface area contributed by atoms with Gasteiger partial charge in [0.25, 0.3) is 0 Å². The molecule has 5 atom stereocenters. The number of imide groups is 1. The fraction of sp³-hybridized carbons (Fsp3) is 0.643. The third kappa shape index (κ3) is 6.31. The van der Waals surface area contributed by atoms with Crippen LogP contribution in [0.25, 0.3) is 0 Å². The number of carbonyl (C=O) groups excluding carboxylic acids is 4. The summed E-state index contributed by atoms with van der Waals surface area (Å²) in [5, 5.41) is 12.2. The third-order valence-electron chi connectivity index (χ3n) is 8.53. The second-order valence-electron chi connectivity index (χ2n) is 11.0. The highest BCUT2D eigenvalue weighted by atomic mass is 32.1. The Bertz CT molecular complexity index is 952. The summed E-state index contributed by atoms with van der Waals surface area (Å²) >= 11 is 4.19. The zero-order chi connectivity index (χ0) is 25.8. The summed E-state index contributed by atoms with van der Waals surface area (Å²) in [6.45, 7) is 4.29. The summed E-state index contributed by atoms with van der Waals surface area (Å²) in [5.74, 6) is 0.658. The van der Waals surface area contributed by atoms with Crippen LogP contribution in [0.2, 0.25) is 0 Å². The Morgan fingerprint density at radius 1 is 1.19 bits per heavy atom. The number of likely N-dealkylation sites (tertiary alicyclic amines) is 1. The summed E-state index contributed by atoms with van der Waals surface area (Å²) in [7, 11) is 0. The predicted molar refractivity (Wildman–Crippen MR) is 140 cm³/mol. The van der Waals surface area contributed by atoms with Crippen LogP contribution >= 0.6 is 12.6 Å². The van der Waals surface area contributed by atoms with Crippen molar-refractivity contribution < 1.29 is 24.3 Å². The maximum atomic E-state index is 13.3. The first-order valence-corrected chi connectivity index (χ1v) is 13.8. The molecule has 8 heteroatoms. The molecule has 4 aliphatic rings. The van der Waals surface area contributed by atoms with Crippen LogP contribution in [0.15, 0.2) is 36.6 Å². The molecule has 3 fully saturated rings. The average molecular weight is 515 g/mol. The van der Waals surface area contributed by atoms with Gasteiger partial charge in [-0.15, -0.1) is 6.58 Å². The Morgan fingerprint density at radius 3 is 2.50 bits per heavy atom.